The first kappa shape index (κ1) is 14.5. The summed E-state index contributed by atoms with van der Waals surface area (Å²) in [7, 11) is 1.66. The highest BCUT2D eigenvalue weighted by atomic mass is 16.7. The molecule has 2 atom stereocenters. The van der Waals surface area contributed by atoms with Crippen LogP contribution in [0.5, 0.6) is 17.2 Å². The van der Waals surface area contributed by atoms with Crippen molar-refractivity contribution in [3.63, 3.8) is 0 Å². The molecule has 21 heavy (non-hydrogen) atoms. The number of hydrogen-bond acceptors (Lipinski definition) is 5. The van der Waals surface area contributed by atoms with Crippen molar-refractivity contribution in [1.29, 1.82) is 0 Å². The van der Waals surface area contributed by atoms with Gasteiger partial charge in [-0.3, -0.25) is 4.90 Å². The molecule has 116 valence electrons. The molecule has 1 aromatic carbocycles. The number of nitrogens with two attached hydrogens (primary N) is 1. The van der Waals surface area contributed by atoms with Crippen molar-refractivity contribution in [2.24, 2.45) is 5.73 Å². The molecule has 2 aliphatic rings. The summed E-state index contributed by atoms with van der Waals surface area (Å²) in [5.74, 6) is 2.23. The van der Waals surface area contributed by atoms with E-state index in [1.54, 1.807) is 7.11 Å². The molecule has 2 unspecified atom stereocenters. The van der Waals surface area contributed by atoms with Crippen LogP contribution in [0.3, 0.4) is 0 Å². The van der Waals surface area contributed by atoms with Gasteiger partial charge in [-0.2, -0.15) is 0 Å². The second-order valence-corrected chi connectivity index (χ2v) is 5.87. The molecule has 5 nitrogen and oxygen atoms in total. The monoisotopic (exact) mass is 292 g/mol. The fourth-order valence-corrected chi connectivity index (χ4v) is 3.36. The Labute approximate surface area is 126 Å². The first-order valence-corrected chi connectivity index (χ1v) is 7.65. The lowest BCUT2D eigenvalue weighted by atomic mass is 9.95. The quantitative estimate of drug-likeness (QED) is 0.921. The molecule has 1 saturated heterocycles. The number of piperidine rings is 1. The molecule has 0 amide bonds. The van der Waals surface area contributed by atoms with E-state index in [2.05, 4.69) is 17.9 Å². The molecule has 5 heteroatoms. The van der Waals surface area contributed by atoms with E-state index >= 15 is 0 Å². The zero-order chi connectivity index (χ0) is 14.8. The summed E-state index contributed by atoms with van der Waals surface area (Å²) in [6.45, 7) is 4.13. The molecule has 2 N–H and O–H groups in total. The molecule has 2 aliphatic heterocycles. The summed E-state index contributed by atoms with van der Waals surface area (Å²) in [4.78, 5) is 2.50. The lowest BCUT2D eigenvalue weighted by Crippen LogP contribution is -2.48. The predicted octanol–water partition coefficient (Wildman–Crippen LogP) is 2.13. The van der Waals surface area contributed by atoms with Gasteiger partial charge in [0, 0.05) is 25.2 Å². The van der Waals surface area contributed by atoms with Gasteiger partial charge in [-0.25, -0.2) is 0 Å². The summed E-state index contributed by atoms with van der Waals surface area (Å²) in [6, 6.07) is 5.12. The summed E-state index contributed by atoms with van der Waals surface area (Å²) in [5, 5.41) is 0. The first-order valence-electron chi connectivity index (χ1n) is 7.65. The third-order valence-corrected chi connectivity index (χ3v) is 4.55. The maximum Gasteiger partial charge on any atom is 0.231 e. The second-order valence-electron chi connectivity index (χ2n) is 5.87. The largest absolute Gasteiger partial charge is 0.493 e. The molecule has 0 saturated carbocycles. The van der Waals surface area contributed by atoms with Crippen molar-refractivity contribution in [3.8, 4) is 17.2 Å². The van der Waals surface area contributed by atoms with Crippen molar-refractivity contribution >= 4 is 0 Å². The number of ether oxygens (including phenoxy) is 3. The van der Waals surface area contributed by atoms with E-state index in [9.17, 15) is 0 Å². The average molecular weight is 292 g/mol. The minimum atomic E-state index is 0.265. The Balaban J connectivity index is 1.83. The number of rotatable bonds is 4. The van der Waals surface area contributed by atoms with Gasteiger partial charge in [0.25, 0.3) is 0 Å². The highest BCUT2D eigenvalue weighted by Crippen LogP contribution is 2.42. The zero-order valence-electron chi connectivity index (χ0n) is 12.8. The lowest BCUT2D eigenvalue weighted by molar-refractivity contribution is 0.0891. The molecule has 0 bridgehead atoms. The average Bonchev–Trinajstić information content (AvgIpc) is 2.96. The Hall–Kier alpha value is -1.46. The fraction of sp³-hybridized carbons (Fsp3) is 0.625. The molecule has 0 aliphatic carbocycles. The normalized spacial score (nSPS) is 25.1. The third kappa shape index (κ3) is 2.80. The smallest absolute Gasteiger partial charge is 0.231 e. The van der Waals surface area contributed by atoms with Crippen LogP contribution in [-0.2, 0) is 6.54 Å². The molecule has 0 aromatic heterocycles. The summed E-state index contributed by atoms with van der Waals surface area (Å²) >= 11 is 0. The van der Waals surface area contributed by atoms with Crippen molar-refractivity contribution in [1.82, 2.24) is 4.90 Å². The fourth-order valence-electron chi connectivity index (χ4n) is 3.36. The van der Waals surface area contributed by atoms with Crippen molar-refractivity contribution in [3.05, 3.63) is 17.7 Å². The van der Waals surface area contributed by atoms with Crippen LogP contribution in [-0.4, -0.2) is 37.4 Å². The Morgan fingerprint density at radius 2 is 2.19 bits per heavy atom. The van der Waals surface area contributed by atoms with E-state index < -0.39 is 0 Å². The van der Waals surface area contributed by atoms with E-state index in [0.717, 1.165) is 18.0 Å². The minimum Gasteiger partial charge on any atom is -0.493 e. The number of nitrogens with zero attached hydrogens (tertiary/aromatic N) is 1. The Morgan fingerprint density at radius 1 is 1.33 bits per heavy atom. The van der Waals surface area contributed by atoms with Crippen LogP contribution < -0.4 is 19.9 Å². The summed E-state index contributed by atoms with van der Waals surface area (Å²) < 4.78 is 16.4. The lowest BCUT2D eigenvalue weighted by Gasteiger charge is -2.40. The number of fused-ring (bicyclic) bond motifs is 1. The highest BCUT2D eigenvalue weighted by molar-refractivity contribution is 5.55. The highest BCUT2D eigenvalue weighted by Gasteiger charge is 2.28. The van der Waals surface area contributed by atoms with Crippen molar-refractivity contribution < 1.29 is 14.2 Å². The SMILES string of the molecule is COc1cc(CN2C(C)CCCC2CN)cc2c1OCO2. The standard InChI is InChI=1S/C16H24N2O3/c1-11-4-3-5-13(8-17)18(11)9-12-6-14(19-2)16-15(7-12)20-10-21-16/h6-7,11,13H,3-5,8-10,17H2,1-2H3. The molecular formula is C16H24N2O3. The third-order valence-electron chi connectivity index (χ3n) is 4.55. The van der Waals surface area contributed by atoms with Gasteiger partial charge in [-0.1, -0.05) is 6.42 Å². The van der Waals surface area contributed by atoms with Crippen LogP contribution in [0.15, 0.2) is 12.1 Å². The van der Waals surface area contributed by atoms with Gasteiger partial charge in [-0.15, -0.1) is 0 Å². The van der Waals surface area contributed by atoms with Gasteiger partial charge in [0.15, 0.2) is 11.5 Å². The predicted molar refractivity (Wildman–Crippen MR) is 80.8 cm³/mol. The second kappa shape index (κ2) is 6.12. The molecule has 0 spiro atoms. The van der Waals surface area contributed by atoms with Gasteiger partial charge in [-0.05, 0) is 37.5 Å². The Morgan fingerprint density at radius 3 is 2.95 bits per heavy atom. The number of hydrogen-bond donors (Lipinski definition) is 1. The summed E-state index contributed by atoms with van der Waals surface area (Å²) in [6.07, 6.45) is 3.69. The van der Waals surface area contributed by atoms with Crippen LogP contribution in [0.1, 0.15) is 31.7 Å². The van der Waals surface area contributed by atoms with Crippen molar-refractivity contribution in [2.75, 3.05) is 20.4 Å². The van der Waals surface area contributed by atoms with Gasteiger partial charge in [0.05, 0.1) is 7.11 Å². The van der Waals surface area contributed by atoms with Crippen LogP contribution in [0.4, 0.5) is 0 Å². The van der Waals surface area contributed by atoms with Gasteiger partial charge in [0.2, 0.25) is 12.5 Å². The van der Waals surface area contributed by atoms with Crippen LogP contribution >= 0.6 is 0 Å². The molecule has 0 radical (unpaired) electrons. The summed E-state index contributed by atoms with van der Waals surface area (Å²) in [5.41, 5.74) is 7.13. The van der Waals surface area contributed by atoms with Gasteiger partial charge in [0.1, 0.15) is 0 Å². The topological polar surface area (TPSA) is 57.0 Å². The molecule has 1 fully saturated rings. The maximum atomic E-state index is 5.94. The van der Waals surface area contributed by atoms with Gasteiger partial charge < -0.3 is 19.9 Å². The first-order chi connectivity index (χ1) is 10.2. The number of likely N-dealkylation sites (tertiary alicyclic amines) is 1. The Kier molecular flexibility index (Phi) is 4.22. The number of benzene rings is 1. The molecular weight excluding hydrogens is 268 g/mol. The van der Waals surface area contributed by atoms with E-state index in [1.165, 1.54) is 24.8 Å². The van der Waals surface area contributed by atoms with Crippen LogP contribution in [0.2, 0.25) is 0 Å². The van der Waals surface area contributed by atoms with Gasteiger partial charge >= 0.3 is 0 Å². The van der Waals surface area contributed by atoms with Crippen LogP contribution in [0, 0.1) is 0 Å². The van der Waals surface area contributed by atoms with E-state index in [1.807, 2.05) is 6.07 Å². The van der Waals surface area contributed by atoms with Crippen LogP contribution in [0.25, 0.3) is 0 Å². The van der Waals surface area contributed by atoms with E-state index in [0.29, 0.717) is 24.4 Å². The zero-order valence-corrected chi connectivity index (χ0v) is 12.8. The molecule has 2 heterocycles. The molecule has 1 aromatic rings. The molecule has 3 rings (SSSR count). The number of methoxy groups -OCH3 is 1. The Bertz CT molecular complexity index is 507. The van der Waals surface area contributed by atoms with E-state index in [4.69, 9.17) is 19.9 Å². The van der Waals surface area contributed by atoms with E-state index in [-0.39, 0.29) is 6.79 Å². The maximum absolute atomic E-state index is 5.94. The minimum absolute atomic E-state index is 0.265. The van der Waals surface area contributed by atoms with Crippen molar-refractivity contribution in [2.45, 2.75) is 44.8 Å².